The maximum atomic E-state index is 11.2. The van der Waals surface area contributed by atoms with Crippen LogP contribution in [0.2, 0.25) is 0 Å². The molecule has 23 heavy (non-hydrogen) atoms. The lowest BCUT2D eigenvalue weighted by Crippen LogP contribution is -2.21. The summed E-state index contributed by atoms with van der Waals surface area (Å²) in [7, 11) is 0. The molecule has 0 radical (unpaired) electrons. The summed E-state index contributed by atoms with van der Waals surface area (Å²) >= 11 is 0. The van der Waals surface area contributed by atoms with E-state index in [0.717, 1.165) is 23.3 Å². The molecule has 1 aliphatic heterocycles. The van der Waals surface area contributed by atoms with Gasteiger partial charge in [-0.25, -0.2) is 4.98 Å². The zero-order valence-corrected chi connectivity index (χ0v) is 12.9. The Morgan fingerprint density at radius 3 is 3.00 bits per heavy atom. The zero-order chi connectivity index (χ0) is 16.2. The molecule has 1 aromatic heterocycles. The molecule has 6 nitrogen and oxygen atoms in total. The van der Waals surface area contributed by atoms with Gasteiger partial charge in [0.2, 0.25) is 11.8 Å². The van der Waals surface area contributed by atoms with Gasteiger partial charge in [0.1, 0.15) is 5.75 Å². The Morgan fingerprint density at radius 2 is 2.30 bits per heavy atom. The highest BCUT2D eigenvalue weighted by molar-refractivity contribution is 5.91. The summed E-state index contributed by atoms with van der Waals surface area (Å²) in [4.78, 5) is 15.5. The minimum absolute atomic E-state index is 0.0596. The summed E-state index contributed by atoms with van der Waals surface area (Å²) in [6.45, 7) is 2.64. The number of rotatable bonds is 5. The standard InChI is InChI=1S/C17H19N3O3/c1-2-13-17-11(10-22-13)4-3-5-14(17)23-16-7-6-12(9-19-16)20-15(21)8-18/h3-7,9,13H,2,8,10,18H2,1H3,(H,20,21). The first-order chi connectivity index (χ1) is 11.2. The zero-order valence-electron chi connectivity index (χ0n) is 12.9. The van der Waals surface area contributed by atoms with Crippen molar-refractivity contribution in [2.75, 3.05) is 11.9 Å². The van der Waals surface area contributed by atoms with Crippen molar-refractivity contribution >= 4 is 11.6 Å². The van der Waals surface area contributed by atoms with Gasteiger partial charge >= 0.3 is 0 Å². The van der Waals surface area contributed by atoms with Gasteiger partial charge < -0.3 is 20.5 Å². The first-order valence-electron chi connectivity index (χ1n) is 7.58. The third-order valence-electron chi connectivity index (χ3n) is 3.71. The Kier molecular flexibility index (Phi) is 4.55. The summed E-state index contributed by atoms with van der Waals surface area (Å²) in [5.74, 6) is 0.966. The fourth-order valence-electron chi connectivity index (χ4n) is 2.60. The number of amides is 1. The molecule has 1 aliphatic rings. The van der Waals surface area contributed by atoms with E-state index in [9.17, 15) is 4.79 Å². The van der Waals surface area contributed by atoms with Gasteiger partial charge in [0.25, 0.3) is 0 Å². The molecule has 2 heterocycles. The molecule has 1 amide bonds. The molecule has 0 fully saturated rings. The lowest BCUT2D eigenvalue weighted by molar-refractivity contribution is -0.114. The summed E-state index contributed by atoms with van der Waals surface area (Å²) in [5, 5.41) is 2.64. The Balaban J connectivity index is 1.78. The van der Waals surface area contributed by atoms with E-state index >= 15 is 0 Å². The number of anilines is 1. The molecule has 1 unspecified atom stereocenters. The Bertz CT molecular complexity index is 701. The van der Waals surface area contributed by atoms with Crippen LogP contribution >= 0.6 is 0 Å². The largest absolute Gasteiger partial charge is 0.439 e. The van der Waals surface area contributed by atoms with Crippen LogP contribution in [0, 0.1) is 0 Å². The third-order valence-corrected chi connectivity index (χ3v) is 3.71. The molecule has 0 bridgehead atoms. The van der Waals surface area contributed by atoms with E-state index in [1.165, 1.54) is 0 Å². The molecule has 2 aromatic rings. The molecular formula is C17H19N3O3. The van der Waals surface area contributed by atoms with Crippen molar-refractivity contribution in [1.82, 2.24) is 4.98 Å². The van der Waals surface area contributed by atoms with Gasteiger partial charge in [-0.3, -0.25) is 4.79 Å². The van der Waals surface area contributed by atoms with E-state index in [0.29, 0.717) is 18.2 Å². The number of fused-ring (bicyclic) bond motifs is 1. The number of nitrogens with two attached hydrogens (primary N) is 1. The molecule has 1 atom stereocenters. The number of nitrogens with one attached hydrogen (secondary N) is 1. The molecule has 120 valence electrons. The van der Waals surface area contributed by atoms with Crippen LogP contribution in [0.3, 0.4) is 0 Å². The summed E-state index contributed by atoms with van der Waals surface area (Å²) in [6.07, 6.45) is 2.49. The smallest absolute Gasteiger partial charge is 0.238 e. The van der Waals surface area contributed by atoms with Crippen LogP contribution < -0.4 is 15.8 Å². The minimum atomic E-state index is -0.260. The number of pyridine rings is 1. The number of hydrogen-bond donors (Lipinski definition) is 2. The molecule has 0 aliphatic carbocycles. The quantitative estimate of drug-likeness (QED) is 0.886. The van der Waals surface area contributed by atoms with Crippen molar-refractivity contribution < 1.29 is 14.3 Å². The van der Waals surface area contributed by atoms with Gasteiger partial charge in [0.05, 0.1) is 31.1 Å². The first-order valence-corrected chi connectivity index (χ1v) is 7.58. The van der Waals surface area contributed by atoms with E-state index in [-0.39, 0.29) is 18.6 Å². The molecule has 3 N–H and O–H groups in total. The van der Waals surface area contributed by atoms with E-state index in [1.807, 2.05) is 12.1 Å². The minimum Gasteiger partial charge on any atom is -0.439 e. The molecule has 0 saturated heterocycles. The van der Waals surface area contributed by atoms with Gasteiger partial charge in [-0.15, -0.1) is 0 Å². The van der Waals surface area contributed by atoms with Gasteiger partial charge in [-0.05, 0) is 24.1 Å². The SMILES string of the molecule is CCC1OCc2cccc(Oc3ccc(NC(=O)CN)cn3)c21. The number of hydrogen-bond acceptors (Lipinski definition) is 5. The maximum Gasteiger partial charge on any atom is 0.238 e. The molecular weight excluding hydrogens is 294 g/mol. The molecule has 1 aromatic carbocycles. The average Bonchev–Trinajstić information content (AvgIpc) is 3.01. The lowest BCUT2D eigenvalue weighted by atomic mass is 10.0. The second kappa shape index (κ2) is 6.76. The fourth-order valence-corrected chi connectivity index (χ4v) is 2.60. The summed E-state index contributed by atoms with van der Waals surface area (Å²) < 4.78 is 11.7. The number of nitrogens with zero attached hydrogens (tertiary/aromatic N) is 1. The fraction of sp³-hybridized carbons (Fsp3) is 0.294. The highest BCUT2D eigenvalue weighted by Crippen LogP contribution is 2.40. The van der Waals surface area contributed by atoms with Gasteiger partial charge in [0.15, 0.2) is 0 Å². The van der Waals surface area contributed by atoms with Crippen molar-refractivity contribution in [3.05, 3.63) is 47.7 Å². The second-order valence-corrected chi connectivity index (χ2v) is 5.28. The van der Waals surface area contributed by atoms with Gasteiger partial charge in [0, 0.05) is 11.6 Å². The molecule has 0 spiro atoms. The van der Waals surface area contributed by atoms with Crippen LogP contribution in [0.15, 0.2) is 36.5 Å². The first kappa shape index (κ1) is 15.5. The number of aromatic nitrogens is 1. The lowest BCUT2D eigenvalue weighted by Gasteiger charge is -2.13. The Labute approximate surface area is 134 Å². The second-order valence-electron chi connectivity index (χ2n) is 5.28. The maximum absolute atomic E-state index is 11.2. The van der Waals surface area contributed by atoms with Crippen molar-refractivity contribution in [3.8, 4) is 11.6 Å². The van der Waals surface area contributed by atoms with E-state index in [2.05, 4.69) is 23.3 Å². The topological polar surface area (TPSA) is 86.5 Å². The number of benzene rings is 1. The number of carbonyl (C=O) groups is 1. The van der Waals surface area contributed by atoms with Crippen LogP contribution in [0.1, 0.15) is 30.6 Å². The Morgan fingerprint density at radius 1 is 1.43 bits per heavy atom. The van der Waals surface area contributed by atoms with Crippen LogP contribution in [-0.2, 0) is 16.1 Å². The monoisotopic (exact) mass is 313 g/mol. The van der Waals surface area contributed by atoms with Gasteiger partial charge in [-0.1, -0.05) is 19.1 Å². The predicted molar refractivity (Wildman–Crippen MR) is 86.3 cm³/mol. The highest BCUT2D eigenvalue weighted by atomic mass is 16.5. The van der Waals surface area contributed by atoms with E-state index in [1.54, 1.807) is 18.3 Å². The normalized spacial score (nSPS) is 16.0. The predicted octanol–water partition coefficient (Wildman–Crippen LogP) is 2.75. The van der Waals surface area contributed by atoms with Crippen LogP contribution in [0.25, 0.3) is 0 Å². The Hall–Kier alpha value is -2.44. The number of ether oxygens (including phenoxy) is 2. The molecule has 3 rings (SSSR count). The summed E-state index contributed by atoms with van der Waals surface area (Å²) in [6, 6.07) is 9.36. The van der Waals surface area contributed by atoms with Crippen molar-refractivity contribution in [2.24, 2.45) is 5.73 Å². The molecule has 0 saturated carbocycles. The van der Waals surface area contributed by atoms with Crippen LogP contribution in [0.5, 0.6) is 11.6 Å². The van der Waals surface area contributed by atoms with E-state index < -0.39 is 0 Å². The van der Waals surface area contributed by atoms with E-state index in [4.69, 9.17) is 15.2 Å². The van der Waals surface area contributed by atoms with Crippen molar-refractivity contribution in [2.45, 2.75) is 26.1 Å². The third kappa shape index (κ3) is 3.33. The number of carbonyl (C=O) groups excluding carboxylic acids is 1. The highest BCUT2D eigenvalue weighted by Gasteiger charge is 2.25. The van der Waals surface area contributed by atoms with Gasteiger partial charge in [-0.2, -0.15) is 0 Å². The van der Waals surface area contributed by atoms with Crippen molar-refractivity contribution in [1.29, 1.82) is 0 Å². The van der Waals surface area contributed by atoms with Crippen LogP contribution in [0.4, 0.5) is 5.69 Å². The molecule has 6 heteroatoms. The van der Waals surface area contributed by atoms with Crippen molar-refractivity contribution in [3.63, 3.8) is 0 Å². The van der Waals surface area contributed by atoms with Crippen LogP contribution in [-0.4, -0.2) is 17.4 Å². The average molecular weight is 313 g/mol. The summed E-state index contributed by atoms with van der Waals surface area (Å²) in [5.41, 5.74) is 8.09.